The zero-order valence-corrected chi connectivity index (χ0v) is 13.2. The molecule has 0 spiro atoms. The van der Waals surface area contributed by atoms with Crippen LogP contribution in [0.4, 0.5) is 0 Å². The Morgan fingerprint density at radius 1 is 1.39 bits per heavy atom. The van der Waals surface area contributed by atoms with Crippen molar-refractivity contribution in [1.82, 2.24) is 5.32 Å². The first-order chi connectivity index (χ1) is 11.2. The summed E-state index contributed by atoms with van der Waals surface area (Å²) in [6.45, 7) is 3.97. The van der Waals surface area contributed by atoms with Crippen LogP contribution in [0.5, 0.6) is 5.75 Å². The molecule has 1 aromatic carbocycles. The topological polar surface area (TPSA) is 64.6 Å². The molecule has 1 amide bonds. The number of carbonyl (C=O) groups excluding carboxylic acids is 2. The molecule has 5 nitrogen and oxygen atoms in total. The normalized spacial score (nSPS) is 11.7. The molecule has 23 heavy (non-hydrogen) atoms. The number of rotatable bonds is 5. The van der Waals surface area contributed by atoms with E-state index in [9.17, 15) is 9.59 Å². The molecule has 0 unspecified atom stereocenters. The summed E-state index contributed by atoms with van der Waals surface area (Å²) >= 11 is 1.35. The molecule has 0 atom stereocenters. The van der Waals surface area contributed by atoms with E-state index in [1.165, 1.54) is 11.3 Å². The number of hydrogen-bond acceptors (Lipinski definition) is 5. The number of thiophene rings is 1. The molecule has 0 radical (unpaired) electrons. The number of nitrogens with one attached hydrogen (secondary N) is 1. The van der Waals surface area contributed by atoms with Crippen molar-refractivity contribution < 1.29 is 19.1 Å². The molecule has 0 fully saturated rings. The van der Waals surface area contributed by atoms with E-state index in [1.807, 2.05) is 24.3 Å². The van der Waals surface area contributed by atoms with Gasteiger partial charge in [0.25, 0.3) is 5.91 Å². The molecule has 0 aliphatic carbocycles. The third kappa shape index (κ3) is 3.27. The van der Waals surface area contributed by atoms with E-state index in [0.29, 0.717) is 18.0 Å². The predicted octanol–water partition coefficient (Wildman–Crippen LogP) is 2.77. The van der Waals surface area contributed by atoms with Gasteiger partial charge in [0.05, 0.1) is 0 Å². The van der Waals surface area contributed by atoms with Crippen LogP contribution in [-0.2, 0) is 16.1 Å². The van der Waals surface area contributed by atoms with E-state index in [2.05, 4.69) is 11.9 Å². The van der Waals surface area contributed by atoms with Crippen LogP contribution in [0.2, 0.25) is 0 Å². The van der Waals surface area contributed by atoms with Crippen LogP contribution in [0.25, 0.3) is 10.4 Å². The molecule has 2 aromatic rings. The van der Waals surface area contributed by atoms with Gasteiger partial charge in [-0.05, 0) is 18.2 Å². The standard InChI is InChI=1S/C17H15NO4S/c1-2-7-18-15(19)10-22-17(20)14-8-11-9-21-13-6-4-3-5-12(13)16(11)23-14/h2-6,8H,1,7,9-10H2,(H,18,19). The van der Waals surface area contributed by atoms with Gasteiger partial charge in [-0.25, -0.2) is 4.79 Å². The quantitative estimate of drug-likeness (QED) is 0.677. The number of para-hydroxylation sites is 1. The highest BCUT2D eigenvalue weighted by Crippen LogP contribution is 2.42. The number of hydrogen-bond donors (Lipinski definition) is 1. The maximum Gasteiger partial charge on any atom is 0.348 e. The summed E-state index contributed by atoms with van der Waals surface area (Å²) in [5, 5.41) is 2.55. The lowest BCUT2D eigenvalue weighted by Crippen LogP contribution is -2.28. The average molecular weight is 329 g/mol. The molecule has 118 valence electrons. The van der Waals surface area contributed by atoms with Crippen LogP contribution in [0.15, 0.2) is 43.0 Å². The number of carbonyl (C=O) groups is 2. The van der Waals surface area contributed by atoms with E-state index < -0.39 is 5.97 Å². The summed E-state index contributed by atoms with van der Waals surface area (Å²) in [5.74, 6) is -0.0468. The zero-order chi connectivity index (χ0) is 16.2. The Hall–Kier alpha value is -2.60. The Kier molecular flexibility index (Phi) is 4.43. The fourth-order valence-corrected chi connectivity index (χ4v) is 3.33. The summed E-state index contributed by atoms with van der Waals surface area (Å²) in [7, 11) is 0. The minimum Gasteiger partial charge on any atom is -0.488 e. The van der Waals surface area contributed by atoms with Crippen molar-refractivity contribution in [2.75, 3.05) is 13.2 Å². The van der Waals surface area contributed by atoms with E-state index in [-0.39, 0.29) is 12.5 Å². The van der Waals surface area contributed by atoms with Gasteiger partial charge in [-0.15, -0.1) is 17.9 Å². The maximum absolute atomic E-state index is 12.1. The highest BCUT2D eigenvalue weighted by atomic mass is 32.1. The molecule has 3 rings (SSSR count). The minimum absolute atomic E-state index is 0.303. The van der Waals surface area contributed by atoms with E-state index in [1.54, 1.807) is 12.1 Å². The fourth-order valence-electron chi connectivity index (χ4n) is 2.24. The number of benzene rings is 1. The third-order valence-corrected chi connectivity index (χ3v) is 4.49. The monoisotopic (exact) mass is 329 g/mol. The van der Waals surface area contributed by atoms with Crippen molar-refractivity contribution in [1.29, 1.82) is 0 Å². The molecule has 1 aliphatic heterocycles. The largest absolute Gasteiger partial charge is 0.488 e. The lowest BCUT2D eigenvalue weighted by atomic mass is 10.1. The summed E-state index contributed by atoms with van der Waals surface area (Å²) in [4.78, 5) is 25.0. The van der Waals surface area contributed by atoms with E-state index in [4.69, 9.17) is 9.47 Å². The van der Waals surface area contributed by atoms with Gasteiger partial charge < -0.3 is 14.8 Å². The number of amides is 1. The fraction of sp³-hybridized carbons (Fsp3) is 0.176. The van der Waals surface area contributed by atoms with Crippen LogP contribution in [0.3, 0.4) is 0 Å². The summed E-state index contributed by atoms with van der Waals surface area (Å²) < 4.78 is 10.7. The van der Waals surface area contributed by atoms with Gasteiger partial charge in [-0.3, -0.25) is 4.79 Å². The molecule has 0 saturated carbocycles. The number of esters is 1. The summed E-state index contributed by atoms with van der Waals surface area (Å²) in [6, 6.07) is 9.47. The SMILES string of the molecule is C=CCNC(=O)COC(=O)c1cc2c(s1)-c1ccccc1OC2. The van der Waals surface area contributed by atoms with Gasteiger partial charge in [0.1, 0.15) is 17.2 Å². The maximum atomic E-state index is 12.1. The first kappa shape index (κ1) is 15.3. The van der Waals surface area contributed by atoms with Crippen LogP contribution < -0.4 is 10.1 Å². The second kappa shape index (κ2) is 6.66. The van der Waals surface area contributed by atoms with Gasteiger partial charge in [0, 0.05) is 22.5 Å². The van der Waals surface area contributed by atoms with Crippen LogP contribution in [-0.4, -0.2) is 25.0 Å². The van der Waals surface area contributed by atoms with Crippen LogP contribution in [0.1, 0.15) is 15.2 Å². The highest BCUT2D eigenvalue weighted by Gasteiger charge is 2.23. The molecular formula is C17H15NO4S. The first-order valence-corrected chi connectivity index (χ1v) is 7.90. The van der Waals surface area contributed by atoms with Crippen molar-refractivity contribution in [3.63, 3.8) is 0 Å². The van der Waals surface area contributed by atoms with E-state index in [0.717, 1.165) is 21.8 Å². The summed E-state index contributed by atoms with van der Waals surface area (Å²) in [5.41, 5.74) is 1.93. The van der Waals surface area contributed by atoms with Crippen molar-refractivity contribution in [2.24, 2.45) is 0 Å². The van der Waals surface area contributed by atoms with Gasteiger partial charge in [0.2, 0.25) is 0 Å². The predicted molar refractivity (Wildman–Crippen MR) is 87.6 cm³/mol. The Balaban J connectivity index is 1.71. The average Bonchev–Trinajstić information content (AvgIpc) is 3.02. The molecule has 6 heteroatoms. The molecule has 1 aliphatic rings. The molecule has 1 aromatic heterocycles. The van der Waals surface area contributed by atoms with Gasteiger partial charge in [0.15, 0.2) is 6.61 Å². The Morgan fingerprint density at radius 3 is 3.04 bits per heavy atom. The summed E-state index contributed by atoms with van der Waals surface area (Å²) in [6.07, 6.45) is 1.56. The van der Waals surface area contributed by atoms with Crippen molar-refractivity contribution in [2.45, 2.75) is 6.61 Å². The van der Waals surface area contributed by atoms with Gasteiger partial charge in [-0.2, -0.15) is 0 Å². The smallest absolute Gasteiger partial charge is 0.348 e. The van der Waals surface area contributed by atoms with Gasteiger partial charge in [-0.1, -0.05) is 18.2 Å². The van der Waals surface area contributed by atoms with Crippen molar-refractivity contribution in [3.8, 4) is 16.2 Å². The second-order valence-corrected chi connectivity index (χ2v) is 5.97. The Labute approximate surface area is 137 Å². The number of fused-ring (bicyclic) bond motifs is 3. The zero-order valence-electron chi connectivity index (χ0n) is 12.3. The number of ether oxygens (including phenoxy) is 2. The third-order valence-electron chi connectivity index (χ3n) is 3.30. The first-order valence-electron chi connectivity index (χ1n) is 7.08. The van der Waals surface area contributed by atoms with Crippen molar-refractivity contribution in [3.05, 3.63) is 53.4 Å². The molecule has 2 heterocycles. The van der Waals surface area contributed by atoms with Gasteiger partial charge >= 0.3 is 5.97 Å². The Morgan fingerprint density at radius 2 is 2.22 bits per heavy atom. The molecular weight excluding hydrogens is 314 g/mol. The molecule has 0 bridgehead atoms. The van der Waals surface area contributed by atoms with Crippen LogP contribution in [0, 0.1) is 0 Å². The highest BCUT2D eigenvalue weighted by molar-refractivity contribution is 7.17. The van der Waals surface area contributed by atoms with Crippen molar-refractivity contribution >= 4 is 23.2 Å². The lowest BCUT2D eigenvalue weighted by molar-refractivity contribution is -0.124. The Bertz CT molecular complexity index is 766. The molecule has 0 saturated heterocycles. The van der Waals surface area contributed by atoms with E-state index >= 15 is 0 Å². The second-order valence-electron chi connectivity index (χ2n) is 4.92. The molecule has 1 N–H and O–H groups in total. The lowest BCUT2D eigenvalue weighted by Gasteiger charge is -2.16. The minimum atomic E-state index is -0.504. The van der Waals surface area contributed by atoms with Crippen LogP contribution >= 0.6 is 11.3 Å².